The average molecular weight is 547 g/mol. The van der Waals surface area contributed by atoms with Crippen molar-refractivity contribution in [3.05, 3.63) is 95.6 Å². The summed E-state index contributed by atoms with van der Waals surface area (Å²) in [6, 6.07) is 20.4. The van der Waals surface area contributed by atoms with Gasteiger partial charge in [0.15, 0.2) is 0 Å². The van der Waals surface area contributed by atoms with Crippen molar-refractivity contribution in [2.24, 2.45) is 0 Å². The van der Waals surface area contributed by atoms with Gasteiger partial charge in [-0.2, -0.15) is 13.2 Å². The summed E-state index contributed by atoms with van der Waals surface area (Å²) < 4.78 is 60.0. The van der Waals surface area contributed by atoms with Crippen LogP contribution in [0.3, 0.4) is 0 Å². The van der Waals surface area contributed by atoms with Gasteiger partial charge in [0.25, 0.3) is 0 Å². The van der Waals surface area contributed by atoms with Gasteiger partial charge < -0.3 is 29.6 Å². The van der Waals surface area contributed by atoms with Crippen LogP contribution in [-0.4, -0.2) is 51.6 Å². The summed E-state index contributed by atoms with van der Waals surface area (Å²) in [6.07, 6.45) is -5.01. The van der Waals surface area contributed by atoms with E-state index in [-0.39, 0.29) is 57.4 Å². The quantitative estimate of drug-likeness (QED) is 0.202. The number of esters is 1. The van der Waals surface area contributed by atoms with E-state index in [4.69, 9.17) is 18.9 Å². The van der Waals surface area contributed by atoms with Crippen LogP contribution in [0.5, 0.6) is 0 Å². The van der Waals surface area contributed by atoms with Gasteiger partial charge in [0.1, 0.15) is 13.2 Å². The SMILES string of the molecule is O=C(NCCOCCOCCOC(=O)c1ccccc1Nc1cccc(C(F)(F)F)c1)OCc1ccccc1. The first-order valence-corrected chi connectivity index (χ1v) is 12.1. The summed E-state index contributed by atoms with van der Waals surface area (Å²) in [5, 5.41) is 5.42. The number of carbonyl (C=O) groups excluding carboxylic acids is 2. The van der Waals surface area contributed by atoms with Crippen molar-refractivity contribution in [3.63, 3.8) is 0 Å². The van der Waals surface area contributed by atoms with Gasteiger partial charge in [0.05, 0.1) is 43.2 Å². The fourth-order valence-electron chi connectivity index (χ4n) is 3.29. The highest BCUT2D eigenvalue weighted by Gasteiger charge is 2.30. The van der Waals surface area contributed by atoms with E-state index in [1.165, 1.54) is 18.2 Å². The lowest BCUT2D eigenvalue weighted by Crippen LogP contribution is -2.28. The molecule has 1 amide bonds. The molecule has 8 nitrogen and oxygen atoms in total. The van der Waals surface area contributed by atoms with Crippen molar-refractivity contribution in [2.45, 2.75) is 12.8 Å². The van der Waals surface area contributed by atoms with Crippen LogP contribution in [0.1, 0.15) is 21.5 Å². The van der Waals surface area contributed by atoms with E-state index in [9.17, 15) is 22.8 Å². The molecule has 0 saturated carbocycles. The lowest BCUT2D eigenvalue weighted by molar-refractivity contribution is -0.137. The van der Waals surface area contributed by atoms with Gasteiger partial charge in [-0.3, -0.25) is 0 Å². The van der Waals surface area contributed by atoms with Crippen LogP contribution in [0.25, 0.3) is 0 Å². The van der Waals surface area contributed by atoms with E-state index in [1.807, 2.05) is 30.3 Å². The summed E-state index contributed by atoms with van der Waals surface area (Å²) in [5.74, 6) is -0.643. The van der Waals surface area contributed by atoms with Crippen molar-refractivity contribution < 1.29 is 41.7 Å². The summed E-state index contributed by atoms with van der Waals surface area (Å²) in [7, 11) is 0. The number of hydrogen-bond donors (Lipinski definition) is 2. The second-order valence-electron chi connectivity index (χ2n) is 8.10. The Bertz CT molecular complexity index is 1190. The molecule has 11 heteroatoms. The summed E-state index contributed by atoms with van der Waals surface area (Å²) >= 11 is 0. The minimum Gasteiger partial charge on any atom is -0.460 e. The molecule has 0 bridgehead atoms. The highest BCUT2D eigenvalue weighted by molar-refractivity contribution is 5.96. The lowest BCUT2D eigenvalue weighted by Gasteiger charge is -2.13. The number of alkyl halides is 3. The highest BCUT2D eigenvalue weighted by atomic mass is 19.4. The number of halogens is 3. The van der Waals surface area contributed by atoms with Crippen molar-refractivity contribution in [1.29, 1.82) is 0 Å². The lowest BCUT2D eigenvalue weighted by atomic mass is 10.1. The first kappa shape index (κ1) is 29.5. The molecule has 3 rings (SSSR count). The molecule has 0 spiro atoms. The Kier molecular flexibility index (Phi) is 11.6. The second kappa shape index (κ2) is 15.4. The van der Waals surface area contributed by atoms with Crippen molar-refractivity contribution in [2.75, 3.05) is 44.9 Å². The van der Waals surface area contributed by atoms with Crippen LogP contribution in [-0.2, 0) is 31.7 Å². The van der Waals surface area contributed by atoms with Crippen LogP contribution in [0.2, 0.25) is 0 Å². The molecule has 0 heterocycles. The van der Waals surface area contributed by atoms with E-state index in [1.54, 1.807) is 18.2 Å². The number of para-hydroxylation sites is 1. The fraction of sp³-hybridized carbons (Fsp3) is 0.286. The van der Waals surface area contributed by atoms with Gasteiger partial charge in [-0.25, -0.2) is 9.59 Å². The van der Waals surface area contributed by atoms with Crippen LogP contribution in [0.15, 0.2) is 78.9 Å². The number of amides is 1. The topological polar surface area (TPSA) is 95.1 Å². The Labute approximate surface area is 224 Å². The molecule has 208 valence electrons. The zero-order valence-electron chi connectivity index (χ0n) is 21.0. The zero-order valence-corrected chi connectivity index (χ0v) is 21.0. The fourth-order valence-corrected chi connectivity index (χ4v) is 3.29. The van der Waals surface area contributed by atoms with Crippen molar-refractivity contribution in [3.8, 4) is 0 Å². The van der Waals surface area contributed by atoms with Crippen LogP contribution >= 0.6 is 0 Å². The molecular weight excluding hydrogens is 517 g/mol. The number of ether oxygens (including phenoxy) is 4. The molecule has 0 aromatic heterocycles. The largest absolute Gasteiger partial charge is 0.460 e. The molecule has 0 atom stereocenters. The molecule has 0 aliphatic heterocycles. The van der Waals surface area contributed by atoms with Crippen LogP contribution < -0.4 is 10.6 Å². The summed E-state index contributed by atoms with van der Waals surface area (Å²) in [5.41, 5.74) is 0.767. The number of benzene rings is 3. The van der Waals surface area contributed by atoms with Crippen molar-refractivity contribution >= 4 is 23.4 Å². The minimum atomic E-state index is -4.48. The molecule has 3 aromatic carbocycles. The molecule has 0 unspecified atom stereocenters. The smallest absolute Gasteiger partial charge is 0.416 e. The third kappa shape index (κ3) is 10.7. The molecule has 0 aliphatic rings. The molecule has 0 saturated heterocycles. The number of anilines is 2. The van der Waals surface area contributed by atoms with Gasteiger partial charge in [-0.1, -0.05) is 48.5 Å². The standard InChI is InChI=1S/C28H29F3N2O6/c29-28(30,31)22-9-6-10-23(19-22)33-25-12-5-4-11-24(25)26(34)38-18-17-37-16-15-36-14-13-32-27(35)39-20-21-7-2-1-3-8-21/h1-12,19,33H,13-18,20H2,(H,32,35). The molecule has 2 N–H and O–H groups in total. The van der Waals surface area contributed by atoms with Crippen molar-refractivity contribution in [1.82, 2.24) is 5.32 Å². The zero-order chi connectivity index (χ0) is 27.9. The van der Waals surface area contributed by atoms with E-state index >= 15 is 0 Å². The number of alkyl carbamates (subject to hydrolysis) is 1. The number of carbonyl (C=O) groups is 2. The van der Waals surface area contributed by atoms with Gasteiger partial charge >= 0.3 is 18.2 Å². The van der Waals surface area contributed by atoms with E-state index < -0.39 is 23.8 Å². The Hall–Kier alpha value is -4.09. The molecule has 0 fully saturated rings. The second-order valence-corrected chi connectivity index (χ2v) is 8.10. The normalized spacial score (nSPS) is 11.1. The maximum Gasteiger partial charge on any atom is 0.416 e. The van der Waals surface area contributed by atoms with Gasteiger partial charge in [-0.05, 0) is 35.9 Å². The Morgan fingerprint density at radius 3 is 2.21 bits per heavy atom. The molecule has 0 radical (unpaired) electrons. The molecule has 39 heavy (non-hydrogen) atoms. The maximum absolute atomic E-state index is 13.0. The summed E-state index contributed by atoms with van der Waals surface area (Å²) in [4.78, 5) is 24.1. The highest BCUT2D eigenvalue weighted by Crippen LogP contribution is 2.32. The van der Waals surface area contributed by atoms with E-state index in [0.29, 0.717) is 5.69 Å². The molecule has 3 aromatic rings. The third-order valence-corrected chi connectivity index (χ3v) is 5.18. The predicted octanol–water partition coefficient (Wildman–Crippen LogP) is 5.57. The monoisotopic (exact) mass is 546 g/mol. The average Bonchev–Trinajstić information content (AvgIpc) is 2.93. The first-order valence-electron chi connectivity index (χ1n) is 12.1. The first-order chi connectivity index (χ1) is 18.8. The Balaban J connectivity index is 1.27. The van der Waals surface area contributed by atoms with Gasteiger partial charge in [-0.15, -0.1) is 0 Å². The third-order valence-electron chi connectivity index (χ3n) is 5.18. The van der Waals surface area contributed by atoms with Crippen LogP contribution in [0, 0.1) is 0 Å². The molecule has 0 aliphatic carbocycles. The molecular formula is C28H29F3N2O6. The minimum absolute atomic E-state index is 0.0223. The number of rotatable bonds is 14. The van der Waals surface area contributed by atoms with Gasteiger partial charge in [0.2, 0.25) is 0 Å². The maximum atomic E-state index is 13.0. The van der Waals surface area contributed by atoms with E-state index in [0.717, 1.165) is 17.7 Å². The number of hydrogen-bond acceptors (Lipinski definition) is 7. The van der Waals surface area contributed by atoms with Gasteiger partial charge in [0, 0.05) is 12.2 Å². The number of nitrogens with one attached hydrogen (secondary N) is 2. The Morgan fingerprint density at radius 2 is 1.44 bits per heavy atom. The summed E-state index contributed by atoms with van der Waals surface area (Å²) in [6.45, 7) is 1.37. The van der Waals surface area contributed by atoms with Crippen LogP contribution in [0.4, 0.5) is 29.3 Å². The predicted molar refractivity (Wildman–Crippen MR) is 138 cm³/mol. The Morgan fingerprint density at radius 1 is 0.744 bits per heavy atom. The van der Waals surface area contributed by atoms with E-state index in [2.05, 4.69) is 10.6 Å².